The van der Waals surface area contributed by atoms with Crippen molar-refractivity contribution in [3.05, 3.63) is 52.0 Å². The largest absolute Gasteiger partial charge is 0.454 e. The molecule has 0 radical (unpaired) electrons. The van der Waals surface area contributed by atoms with Crippen LogP contribution < -0.4 is 10.5 Å². The van der Waals surface area contributed by atoms with Crippen molar-refractivity contribution < 1.29 is 17.9 Å². The Hall–Kier alpha value is -1.59. The molecule has 0 aromatic heterocycles. The van der Waals surface area contributed by atoms with E-state index in [0.29, 0.717) is 0 Å². The van der Waals surface area contributed by atoms with Crippen LogP contribution in [0.3, 0.4) is 0 Å². The van der Waals surface area contributed by atoms with E-state index in [4.69, 9.17) is 33.7 Å². The molecule has 0 aliphatic heterocycles. The fourth-order valence-corrected chi connectivity index (χ4v) is 1.83. The molecule has 0 atom stereocenters. The average Bonchev–Trinajstić information content (AvgIpc) is 2.36. The number of ether oxygens (including phenoxy) is 1. The van der Waals surface area contributed by atoms with E-state index in [0.717, 1.165) is 18.2 Å². The van der Waals surface area contributed by atoms with Crippen LogP contribution in [0.25, 0.3) is 0 Å². The van der Waals surface area contributed by atoms with Gasteiger partial charge in [-0.25, -0.2) is 0 Å². The summed E-state index contributed by atoms with van der Waals surface area (Å²) >= 11 is 11.7. The lowest BCUT2D eigenvalue weighted by Gasteiger charge is -2.13. The van der Waals surface area contributed by atoms with Crippen LogP contribution in [0.5, 0.6) is 11.5 Å². The third-order valence-corrected chi connectivity index (χ3v) is 3.27. The number of alkyl halides is 3. The molecule has 0 aliphatic rings. The van der Waals surface area contributed by atoms with Crippen LogP contribution in [0.4, 0.5) is 18.9 Å². The Morgan fingerprint density at radius 1 is 1.00 bits per heavy atom. The summed E-state index contributed by atoms with van der Waals surface area (Å²) in [6, 6.07) is 7.51. The average molecular weight is 322 g/mol. The predicted molar refractivity (Wildman–Crippen MR) is 72.4 cm³/mol. The molecule has 0 aliphatic carbocycles. The molecule has 0 saturated carbocycles. The second-order valence-corrected chi connectivity index (χ2v) is 4.69. The van der Waals surface area contributed by atoms with E-state index in [1.165, 1.54) is 6.07 Å². The molecule has 2 aromatic carbocycles. The first-order valence-corrected chi connectivity index (χ1v) is 6.13. The van der Waals surface area contributed by atoms with Gasteiger partial charge in [0.15, 0.2) is 0 Å². The second-order valence-electron chi connectivity index (χ2n) is 3.90. The molecular weight excluding hydrogens is 314 g/mol. The molecule has 0 heterocycles. The van der Waals surface area contributed by atoms with Gasteiger partial charge in [-0.15, -0.1) is 0 Å². The topological polar surface area (TPSA) is 35.2 Å². The number of nitrogens with two attached hydrogens (primary N) is 1. The molecule has 20 heavy (non-hydrogen) atoms. The highest BCUT2D eigenvalue weighted by molar-refractivity contribution is 6.42. The van der Waals surface area contributed by atoms with Crippen molar-refractivity contribution in [2.45, 2.75) is 6.18 Å². The van der Waals surface area contributed by atoms with Crippen LogP contribution in [0, 0.1) is 0 Å². The molecule has 0 saturated heterocycles. The van der Waals surface area contributed by atoms with Gasteiger partial charge in [-0.05, 0) is 30.3 Å². The van der Waals surface area contributed by atoms with Gasteiger partial charge in [-0.3, -0.25) is 0 Å². The van der Waals surface area contributed by atoms with Crippen LogP contribution in [-0.4, -0.2) is 0 Å². The van der Waals surface area contributed by atoms with E-state index in [1.54, 1.807) is 12.1 Å². The van der Waals surface area contributed by atoms with E-state index in [9.17, 15) is 13.2 Å². The maximum Gasteiger partial charge on any atom is 0.416 e. The van der Waals surface area contributed by atoms with Gasteiger partial charge in [0.05, 0.1) is 16.3 Å². The van der Waals surface area contributed by atoms with Gasteiger partial charge in [0, 0.05) is 0 Å². The van der Waals surface area contributed by atoms with Gasteiger partial charge in [0.1, 0.15) is 16.5 Å². The van der Waals surface area contributed by atoms with E-state index in [2.05, 4.69) is 0 Å². The van der Waals surface area contributed by atoms with Gasteiger partial charge in [0.2, 0.25) is 0 Å². The highest BCUT2D eigenvalue weighted by Gasteiger charge is 2.31. The molecular formula is C13H8Cl2F3NO. The summed E-state index contributed by atoms with van der Waals surface area (Å²) in [5, 5.41) is 0.433. The summed E-state index contributed by atoms with van der Waals surface area (Å²) in [6.45, 7) is 0. The number of anilines is 1. The summed E-state index contributed by atoms with van der Waals surface area (Å²) in [4.78, 5) is 0. The van der Waals surface area contributed by atoms with E-state index < -0.39 is 11.7 Å². The van der Waals surface area contributed by atoms with Crippen LogP contribution >= 0.6 is 23.2 Å². The van der Waals surface area contributed by atoms with Gasteiger partial charge in [-0.2, -0.15) is 13.2 Å². The Kier molecular flexibility index (Phi) is 4.01. The zero-order valence-corrected chi connectivity index (χ0v) is 11.4. The number of halogens is 5. The first kappa shape index (κ1) is 14.8. The minimum absolute atomic E-state index is 0.0715. The fourth-order valence-electron chi connectivity index (χ4n) is 1.50. The minimum Gasteiger partial charge on any atom is -0.454 e. The number of hydrogen-bond acceptors (Lipinski definition) is 2. The number of rotatable bonds is 2. The monoisotopic (exact) mass is 321 g/mol. The Bertz CT molecular complexity index is 644. The number of hydrogen-bond donors (Lipinski definition) is 1. The maximum atomic E-state index is 12.5. The van der Waals surface area contributed by atoms with Crippen LogP contribution in [0.2, 0.25) is 10.0 Å². The van der Waals surface area contributed by atoms with Crippen molar-refractivity contribution >= 4 is 28.9 Å². The van der Waals surface area contributed by atoms with Gasteiger partial charge in [-0.1, -0.05) is 29.3 Å². The Morgan fingerprint density at radius 2 is 1.70 bits per heavy atom. The van der Waals surface area contributed by atoms with E-state index in [-0.39, 0.29) is 27.2 Å². The van der Waals surface area contributed by atoms with Crippen molar-refractivity contribution in [2.24, 2.45) is 0 Å². The lowest BCUT2D eigenvalue weighted by molar-refractivity contribution is -0.137. The van der Waals surface area contributed by atoms with Crippen molar-refractivity contribution in [1.82, 2.24) is 0 Å². The van der Waals surface area contributed by atoms with Gasteiger partial charge in [0.25, 0.3) is 0 Å². The molecule has 2 rings (SSSR count). The molecule has 0 spiro atoms. The van der Waals surface area contributed by atoms with Crippen LogP contribution in [0.1, 0.15) is 5.56 Å². The SMILES string of the molecule is Nc1cc(C(F)(F)F)ccc1Oc1cccc(Cl)c1Cl. The van der Waals surface area contributed by atoms with Crippen molar-refractivity contribution in [2.75, 3.05) is 5.73 Å². The summed E-state index contributed by atoms with van der Waals surface area (Å²) in [7, 11) is 0. The molecule has 0 bridgehead atoms. The molecule has 7 heteroatoms. The quantitative estimate of drug-likeness (QED) is 0.753. The Balaban J connectivity index is 2.33. The third kappa shape index (κ3) is 3.11. The standard InChI is InChI=1S/C13H8Cl2F3NO/c14-8-2-1-3-11(12(8)15)20-10-5-4-7(6-9(10)19)13(16,17)18/h1-6H,19H2. The number of nitrogen functional groups attached to an aromatic ring is 1. The summed E-state index contributed by atoms with van der Waals surface area (Å²) in [5.74, 6) is 0.285. The molecule has 2 N–H and O–H groups in total. The molecule has 2 nitrogen and oxygen atoms in total. The van der Waals surface area contributed by atoms with Crippen LogP contribution in [0.15, 0.2) is 36.4 Å². The summed E-state index contributed by atoms with van der Waals surface area (Å²) in [5.41, 5.74) is 4.56. The summed E-state index contributed by atoms with van der Waals surface area (Å²) < 4.78 is 42.9. The molecule has 0 fully saturated rings. The lowest BCUT2D eigenvalue weighted by Crippen LogP contribution is -2.06. The third-order valence-electron chi connectivity index (χ3n) is 2.47. The first-order valence-electron chi connectivity index (χ1n) is 5.37. The van der Waals surface area contributed by atoms with E-state index >= 15 is 0 Å². The highest BCUT2D eigenvalue weighted by Crippen LogP contribution is 2.38. The summed E-state index contributed by atoms with van der Waals surface area (Å²) in [6.07, 6.45) is -4.46. The molecule has 0 unspecified atom stereocenters. The smallest absolute Gasteiger partial charge is 0.416 e. The Morgan fingerprint density at radius 3 is 2.30 bits per heavy atom. The van der Waals surface area contributed by atoms with Crippen LogP contribution in [-0.2, 0) is 6.18 Å². The van der Waals surface area contributed by atoms with Crippen molar-refractivity contribution in [3.63, 3.8) is 0 Å². The predicted octanol–water partition coefficient (Wildman–Crippen LogP) is 5.39. The Labute approximate surface area is 122 Å². The fraction of sp³-hybridized carbons (Fsp3) is 0.0769. The van der Waals surface area contributed by atoms with Gasteiger partial charge < -0.3 is 10.5 Å². The molecule has 2 aromatic rings. The zero-order chi connectivity index (χ0) is 14.9. The zero-order valence-electron chi connectivity index (χ0n) is 9.84. The molecule has 106 valence electrons. The second kappa shape index (κ2) is 5.42. The van der Waals surface area contributed by atoms with Crippen molar-refractivity contribution in [3.8, 4) is 11.5 Å². The lowest BCUT2D eigenvalue weighted by atomic mass is 10.2. The molecule has 0 amide bonds. The van der Waals surface area contributed by atoms with Gasteiger partial charge >= 0.3 is 6.18 Å². The van der Waals surface area contributed by atoms with E-state index in [1.807, 2.05) is 0 Å². The highest BCUT2D eigenvalue weighted by atomic mass is 35.5. The van der Waals surface area contributed by atoms with Crippen molar-refractivity contribution in [1.29, 1.82) is 0 Å². The maximum absolute atomic E-state index is 12.5. The first-order chi connectivity index (χ1) is 9.29. The minimum atomic E-state index is -4.46. The number of benzene rings is 2. The normalized spacial score (nSPS) is 11.4.